The molecule has 0 spiro atoms. The molecule has 0 fully saturated rings. The molecule has 33 heavy (non-hydrogen) atoms. The van der Waals surface area contributed by atoms with Crippen molar-refractivity contribution < 1.29 is 29.0 Å². The number of methoxy groups -OCH3 is 1. The number of carbonyl (C=O) groups excluding carboxylic acids is 2. The van der Waals surface area contributed by atoms with Crippen molar-refractivity contribution in [3.8, 4) is 11.1 Å². The minimum absolute atomic E-state index is 0.0193. The van der Waals surface area contributed by atoms with Crippen LogP contribution < -0.4 is 10.6 Å². The number of carbonyl (C=O) groups is 3. The Hall–Kier alpha value is -3.39. The number of alkyl carbamates (subject to hydrolysis) is 1. The molecule has 0 saturated heterocycles. The smallest absolute Gasteiger partial charge is 0.407 e. The summed E-state index contributed by atoms with van der Waals surface area (Å²) >= 11 is 0. The molecule has 2 aromatic carbocycles. The minimum atomic E-state index is -0.998. The van der Waals surface area contributed by atoms with Gasteiger partial charge in [0, 0.05) is 19.6 Å². The molecular weight excluding hydrogens is 424 g/mol. The van der Waals surface area contributed by atoms with E-state index < -0.39 is 29.9 Å². The Balaban J connectivity index is 1.59. The minimum Gasteiger partial charge on any atom is -0.481 e. The Bertz CT molecular complexity index is 947. The molecular formula is C25H30N2O6. The number of carboxylic acid groups (broad SMARTS) is 1. The number of carboxylic acids is 1. The van der Waals surface area contributed by atoms with Crippen LogP contribution in [0.5, 0.6) is 0 Å². The second-order valence-electron chi connectivity index (χ2n) is 8.05. The third-order valence-electron chi connectivity index (χ3n) is 5.79. The van der Waals surface area contributed by atoms with Gasteiger partial charge in [-0.25, -0.2) is 4.79 Å². The normalized spacial score (nSPS) is 14.0. The molecule has 2 atom stereocenters. The molecule has 3 rings (SSSR count). The second kappa shape index (κ2) is 11.5. The summed E-state index contributed by atoms with van der Waals surface area (Å²) < 4.78 is 10.5. The van der Waals surface area contributed by atoms with E-state index >= 15 is 0 Å². The highest BCUT2D eigenvalue weighted by molar-refractivity contribution is 5.86. The van der Waals surface area contributed by atoms with Crippen LogP contribution in [-0.4, -0.2) is 56.0 Å². The highest BCUT2D eigenvalue weighted by Crippen LogP contribution is 2.44. The molecule has 0 bridgehead atoms. The van der Waals surface area contributed by atoms with Gasteiger partial charge in [-0.15, -0.1) is 0 Å². The SMILES string of the molecule is CCCC(CNC(=O)[C@H](COC)NC(=O)OCC1c2ccccc2-c2ccccc21)C(=O)O. The maximum Gasteiger partial charge on any atom is 0.407 e. The van der Waals surface area contributed by atoms with Crippen molar-refractivity contribution in [1.29, 1.82) is 0 Å². The summed E-state index contributed by atoms with van der Waals surface area (Å²) in [5, 5.41) is 14.4. The van der Waals surface area contributed by atoms with Crippen molar-refractivity contribution in [2.24, 2.45) is 5.92 Å². The summed E-state index contributed by atoms with van der Waals surface area (Å²) in [6, 6.07) is 15.0. The first kappa shape index (κ1) is 24.3. The number of benzene rings is 2. The van der Waals surface area contributed by atoms with E-state index in [0.717, 1.165) is 22.3 Å². The van der Waals surface area contributed by atoms with Crippen LogP contribution in [0.3, 0.4) is 0 Å². The Labute approximate surface area is 193 Å². The lowest BCUT2D eigenvalue weighted by atomic mass is 9.98. The van der Waals surface area contributed by atoms with E-state index in [2.05, 4.69) is 22.8 Å². The predicted octanol–water partition coefficient (Wildman–Crippen LogP) is 3.16. The molecule has 2 aromatic rings. The van der Waals surface area contributed by atoms with Crippen molar-refractivity contribution in [3.05, 3.63) is 59.7 Å². The summed E-state index contributed by atoms with van der Waals surface area (Å²) in [5.41, 5.74) is 4.43. The Kier molecular flexibility index (Phi) is 8.43. The number of rotatable bonds is 11. The molecule has 8 heteroatoms. The topological polar surface area (TPSA) is 114 Å². The van der Waals surface area contributed by atoms with Gasteiger partial charge in [0.05, 0.1) is 12.5 Å². The van der Waals surface area contributed by atoms with Crippen LogP contribution in [0.4, 0.5) is 4.79 Å². The number of hydrogen-bond acceptors (Lipinski definition) is 5. The third kappa shape index (κ3) is 5.90. The first-order valence-corrected chi connectivity index (χ1v) is 11.1. The molecule has 0 heterocycles. The van der Waals surface area contributed by atoms with Crippen molar-refractivity contribution >= 4 is 18.0 Å². The van der Waals surface area contributed by atoms with E-state index in [1.807, 2.05) is 43.3 Å². The fourth-order valence-corrected chi connectivity index (χ4v) is 4.14. The van der Waals surface area contributed by atoms with E-state index in [4.69, 9.17) is 9.47 Å². The summed E-state index contributed by atoms with van der Waals surface area (Å²) in [6.45, 7) is 1.92. The van der Waals surface area contributed by atoms with Crippen molar-refractivity contribution in [3.63, 3.8) is 0 Å². The van der Waals surface area contributed by atoms with Gasteiger partial charge in [-0.3, -0.25) is 9.59 Å². The predicted molar refractivity (Wildman–Crippen MR) is 123 cm³/mol. The molecule has 0 aromatic heterocycles. The van der Waals surface area contributed by atoms with Crippen molar-refractivity contribution in [2.75, 3.05) is 26.9 Å². The molecule has 1 aliphatic rings. The lowest BCUT2D eigenvalue weighted by Crippen LogP contribution is -2.50. The van der Waals surface area contributed by atoms with Gasteiger partial charge in [0.15, 0.2) is 0 Å². The van der Waals surface area contributed by atoms with Gasteiger partial charge in [0.2, 0.25) is 5.91 Å². The molecule has 3 N–H and O–H groups in total. The van der Waals surface area contributed by atoms with Crippen LogP contribution in [0.15, 0.2) is 48.5 Å². The lowest BCUT2D eigenvalue weighted by molar-refractivity contribution is -0.142. The van der Waals surface area contributed by atoms with E-state index in [-0.39, 0.29) is 25.7 Å². The van der Waals surface area contributed by atoms with Crippen LogP contribution >= 0.6 is 0 Å². The summed E-state index contributed by atoms with van der Waals surface area (Å²) in [7, 11) is 1.41. The average Bonchev–Trinajstić information content (AvgIpc) is 3.13. The van der Waals surface area contributed by atoms with Gasteiger partial charge in [0.1, 0.15) is 12.6 Å². The summed E-state index contributed by atoms with van der Waals surface area (Å²) in [4.78, 5) is 36.3. The first-order chi connectivity index (χ1) is 16.0. The molecule has 8 nitrogen and oxygen atoms in total. The molecule has 1 aliphatic carbocycles. The Morgan fingerprint density at radius 1 is 1.03 bits per heavy atom. The van der Waals surface area contributed by atoms with Crippen LogP contribution in [0.1, 0.15) is 36.8 Å². The van der Waals surface area contributed by atoms with Gasteiger partial charge in [-0.1, -0.05) is 61.9 Å². The van der Waals surface area contributed by atoms with Gasteiger partial charge in [0.25, 0.3) is 0 Å². The molecule has 176 valence electrons. The van der Waals surface area contributed by atoms with Crippen LogP contribution in [0, 0.1) is 5.92 Å². The maximum atomic E-state index is 12.5. The zero-order chi connectivity index (χ0) is 23.8. The third-order valence-corrected chi connectivity index (χ3v) is 5.79. The zero-order valence-electron chi connectivity index (χ0n) is 18.9. The monoisotopic (exact) mass is 454 g/mol. The van der Waals surface area contributed by atoms with Gasteiger partial charge >= 0.3 is 12.1 Å². The molecule has 1 unspecified atom stereocenters. The first-order valence-electron chi connectivity index (χ1n) is 11.1. The Morgan fingerprint density at radius 2 is 1.64 bits per heavy atom. The number of nitrogens with one attached hydrogen (secondary N) is 2. The number of aliphatic carboxylic acids is 1. The summed E-state index contributed by atoms with van der Waals surface area (Å²) in [5.74, 6) is -2.27. The van der Waals surface area contributed by atoms with Gasteiger partial charge in [-0.05, 0) is 28.7 Å². The number of ether oxygens (including phenoxy) is 2. The molecule has 0 aliphatic heterocycles. The maximum absolute atomic E-state index is 12.5. The van der Waals surface area contributed by atoms with Crippen LogP contribution in [0.2, 0.25) is 0 Å². The standard InChI is InChI=1S/C25H30N2O6/c1-3-8-16(24(29)30)13-26-23(28)22(15-32-2)27-25(31)33-14-21-19-11-6-4-9-17(19)18-10-5-7-12-20(18)21/h4-7,9-12,16,21-22H,3,8,13-15H2,1-2H3,(H,26,28)(H,27,31)(H,29,30)/t16?,22-/m0/s1. The number of amides is 2. The quantitative estimate of drug-likeness (QED) is 0.481. The van der Waals surface area contributed by atoms with E-state index in [9.17, 15) is 19.5 Å². The number of hydrogen-bond donors (Lipinski definition) is 3. The zero-order valence-corrected chi connectivity index (χ0v) is 18.9. The van der Waals surface area contributed by atoms with E-state index in [1.54, 1.807) is 0 Å². The second-order valence-corrected chi connectivity index (χ2v) is 8.05. The highest BCUT2D eigenvalue weighted by atomic mass is 16.5. The van der Waals surface area contributed by atoms with Crippen molar-refractivity contribution in [1.82, 2.24) is 10.6 Å². The van der Waals surface area contributed by atoms with E-state index in [0.29, 0.717) is 12.8 Å². The fourth-order valence-electron chi connectivity index (χ4n) is 4.14. The highest BCUT2D eigenvalue weighted by Gasteiger charge is 2.30. The lowest BCUT2D eigenvalue weighted by Gasteiger charge is -2.20. The number of fused-ring (bicyclic) bond motifs is 3. The molecule has 0 radical (unpaired) electrons. The summed E-state index contributed by atoms with van der Waals surface area (Å²) in [6.07, 6.45) is 0.397. The largest absolute Gasteiger partial charge is 0.481 e. The molecule has 2 amide bonds. The van der Waals surface area contributed by atoms with Crippen LogP contribution in [-0.2, 0) is 19.1 Å². The molecule has 0 saturated carbocycles. The van der Waals surface area contributed by atoms with Gasteiger partial charge in [-0.2, -0.15) is 0 Å². The van der Waals surface area contributed by atoms with Crippen molar-refractivity contribution in [2.45, 2.75) is 31.7 Å². The van der Waals surface area contributed by atoms with Crippen LogP contribution in [0.25, 0.3) is 11.1 Å². The van der Waals surface area contributed by atoms with Gasteiger partial charge < -0.3 is 25.2 Å². The van der Waals surface area contributed by atoms with E-state index in [1.165, 1.54) is 7.11 Å². The average molecular weight is 455 g/mol. The Morgan fingerprint density at radius 3 is 2.18 bits per heavy atom. The fraction of sp³-hybridized carbons (Fsp3) is 0.400.